The highest BCUT2D eigenvalue weighted by Crippen LogP contribution is 2.18. The van der Waals surface area contributed by atoms with Crippen molar-refractivity contribution in [1.82, 2.24) is 14.7 Å². The van der Waals surface area contributed by atoms with E-state index in [0.29, 0.717) is 33.0 Å². The molecule has 11 heteroatoms. The molecule has 2 heterocycles. The molecule has 0 radical (unpaired) electrons. The number of nitrogens with one attached hydrogen (secondary N) is 1. The molecule has 0 spiro atoms. The van der Waals surface area contributed by atoms with Crippen molar-refractivity contribution in [2.45, 2.75) is 13.0 Å². The molecule has 0 aliphatic heterocycles. The molecule has 0 fully saturated rings. The molecule has 0 saturated heterocycles. The number of thiocarbonyl (C=S) groups is 1. The molecule has 2 aromatic heterocycles. The maximum Gasteiger partial charge on any atom is 0.460 e. The summed E-state index contributed by atoms with van der Waals surface area (Å²) in [6, 6.07) is 16.8. The molecular weight excluding hydrogens is 482 g/mol. The molecule has 0 atom stereocenters. The lowest BCUT2D eigenvalue weighted by atomic mass is 10.1. The van der Waals surface area contributed by atoms with Gasteiger partial charge in [-0.05, 0) is 17.7 Å². The van der Waals surface area contributed by atoms with Gasteiger partial charge >= 0.3 is 5.76 Å². The highest BCUT2D eigenvalue weighted by Gasteiger charge is 2.16. The van der Waals surface area contributed by atoms with Crippen LogP contribution in [0.3, 0.4) is 0 Å². The van der Waals surface area contributed by atoms with Crippen molar-refractivity contribution in [2.24, 2.45) is 12.2 Å². The van der Waals surface area contributed by atoms with Crippen molar-refractivity contribution in [3.63, 3.8) is 0 Å². The van der Waals surface area contributed by atoms with Crippen LogP contribution in [0.5, 0.6) is 0 Å². The Labute approximate surface area is 203 Å². The number of hydrogen-bond donors (Lipinski definition) is 1. The minimum atomic E-state index is -0.707. The van der Waals surface area contributed by atoms with Crippen LogP contribution in [0.25, 0.3) is 0 Å². The molecule has 4 rings (SSSR count). The van der Waals surface area contributed by atoms with E-state index in [1.807, 2.05) is 60.0 Å². The number of oxime groups is 1. The van der Waals surface area contributed by atoms with Crippen LogP contribution in [0.2, 0.25) is 5.02 Å². The quantitative estimate of drug-likeness (QED) is 0.217. The first kappa shape index (κ1) is 22.8. The normalized spacial score (nSPS) is 11.4. The van der Waals surface area contributed by atoms with Crippen LogP contribution in [0.15, 0.2) is 74.5 Å². The van der Waals surface area contributed by atoms with Gasteiger partial charge in [0.15, 0.2) is 23.3 Å². The molecule has 33 heavy (non-hydrogen) atoms. The highest BCUT2D eigenvalue weighted by molar-refractivity contribution is 7.80. The fourth-order valence-corrected chi connectivity index (χ4v) is 4.08. The van der Waals surface area contributed by atoms with Gasteiger partial charge in [0.25, 0.3) is 0 Å². The summed E-state index contributed by atoms with van der Waals surface area (Å²) < 4.78 is 6.20. The number of benzene rings is 2. The number of aryl methyl sites for hydroxylation is 1. The topological polar surface area (TPSA) is 94.5 Å². The van der Waals surface area contributed by atoms with Crippen molar-refractivity contribution in [2.75, 3.05) is 5.32 Å². The van der Waals surface area contributed by atoms with Gasteiger partial charge in [-0.15, -0.1) is 11.3 Å². The van der Waals surface area contributed by atoms with E-state index in [-0.39, 0.29) is 12.4 Å². The van der Waals surface area contributed by atoms with Gasteiger partial charge in [-0.2, -0.15) is 9.72 Å². The number of nitrogens with zero attached hydrogens (tertiary/aromatic N) is 4. The Balaban J connectivity index is 1.41. The summed E-state index contributed by atoms with van der Waals surface area (Å²) in [5, 5.41) is 10.6. The van der Waals surface area contributed by atoms with Crippen LogP contribution >= 0.6 is 35.2 Å². The third-order valence-corrected chi connectivity index (χ3v) is 5.72. The van der Waals surface area contributed by atoms with E-state index in [4.69, 9.17) is 33.2 Å². The van der Waals surface area contributed by atoms with Gasteiger partial charge in [0, 0.05) is 29.4 Å². The van der Waals surface area contributed by atoms with E-state index in [0.717, 1.165) is 11.1 Å². The fourth-order valence-electron chi connectivity index (χ4n) is 2.90. The van der Waals surface area contributed by atoms with Crippen LogP contribution in [0, 0.1) is 0 Å². The largest absolute Gasteiger partial charge is 0.460 e. The Morgan fingerprint density at radius 3 is 2.67 bits per heavy atom. The molecule has 8 nitrogen and oxygen atoms in total. The van der Waals surface area contributed by atoms with Gasteiger partial charge in [0.05, 0.1) is 10.7 Å². The number of hydrogen-bond acceptors (Lipinski definition) is 8. The average molecular weight is 500 g/mol. The van der Waals surface area contributed by atoms with Crippen molar-refractivity contribution in [1.29, 1.82) is 0 Å². The molecule has 0 aliphatic rings. The zero-order valence-electron chi connectivity index (χ0n) is 17.4. The van der Waals surface area contributed by atoms with Crippen LogP contribution in [-0.2, 0) is 24.9 Å². The molecule has 2 aromatic carbocycles. The molecule has 4 aromatic rings. The summed E-state index contributed by atoms with van der Waals surface area (Å²) in [6.45, 7) is 0.129. The summed E-state index contributed by atoms with van der Waals surface area (Å²) >= 11 is 12.8. The zero-order valence-corrected chi connectivity index (χ0v) is 19.8. The van der Waals surface area contributed by atoms with Crippen LogP contribution in [-0.4, -0.2) is 25.4 Å². The van der Waals surface area contributed by atoms with Gasteiger partial charge in [-0.1, -0.05) is 71.4 Å². The standard InChI is InChI=1S/C22H18ClN5O3S2/c1-28-20(26-22(29)31-28)19(15-5-3-2-4-6-15)27-30-12-17-13-33-21(24-17)25-18(32)11-14-7-9-16(23)10-8-14/h2-10,13H,11-12H2,1H3,(H,24,25,32). The van der Waals surface area contributed by atoms with Gasteiger partial charge in [-0.25, -0.2) is 9.78 Å². The first-order chi connectivity index (χ1) is 16.0. The maximum atomic E-state index is 11.5. The van der Waals surface area contributed by atoms with Gasteiger partial charge < -0.3 is 14.7 Å². The van der Waals surface area contributed by atoms with E-state index in [1.165, 1.54) is 16.1 Å². The Bertz CT molecular complexity index is 1330. The third-order valence-electron chi connectivity index (χ3n) is 4.41. The Kier molecular flexibility index (Phi) is 7.28. The fraction of sp³-hybridized carbons (Fsp3) is 0.136. The zero-order chi connectivity index (χ0) is 23.2. The maximum absolute atomic E-state index is 11.5. The van der Waals surface area contributed by atoms with Gasteiger partial charge in [0.1, 0.15) is 0 Å². The Morgan fingerprint density at radius 1 is 1.21 bits per heavy atom. The van der Waals surface area contributed by atoms with Crippen molar-refractivity contribution >= 4 is 51.0 Å². The summed E-state index contributed by atoms with van der Waals surface area (Å²) in [7, 11) is 1.58. The van der Waals surface area contributed by atoms with Gasteiger partial charge in [0.2, 0.25) is 0 Å². The Hall–Kier alpha value is -3.34. The monoisotopic (exact) mass is 499 g/mol. The summed E-state index contributed by atoms with van der Waals surface area (Å²) in [6.07, 6.45) is 0.582. The summed E-state index contributed by atoms with van der Waals surface area (Å²) in [5.41, 5.74) is 2.85. The first-order valence-electron chi connectivity index (χ1n) is 9.77. The lowest BCUT2D eigenvalue weighted by Gasteiger charge is -2.06. The summed E-state index contributed by atoms with van der Waals surface area (Å²) in [5.74, 6) is -0.444. The van der Waals surface area contributed by atoms with E-state index < -0.39 is 5.76 Å². The van der Waals surface area contributed by atoms with Gasteiger partial charge in [-0.3, -0.25) is 0 Å². The minimum absolute atomic E-state index is 0.129. The predicted octanol–water partition coefficient (Wildman–Crippen LogP) is 4.43. The molecule has 0 saturated carbocycles. The molecule has 168 valence electrons. The Morgan fingerprint density at radius 2 is 1.97 bits per heavy atom. The average Bonchev–Trinajstić information content (AvgIpc) is 3.38. The van der Waals surface area contributed by atoms with E-state index in [2.05, 4.69) is 20.4 Å². The number of halogens is 1. The summed E-state index contributed by atoms with van der Waals surface area (Å²) in [4.78, 5) is 26.1. The van der Waals surface area contributed by atoms with Crippen molar-refractivity contribution < 1.29 is 9.36 Å². The van der Waals surface area contributed by atoms with E-state index >= 15 is 0 Å². The number of thiazole rings is 1. The highest BCUT2D eigenvalue weighted by atomic mass is 35.5. The molecule has 0 aliphatic carbocycles. The van der Waals surface area contributed by atoms with E-state index in [9.17, 15) is 4.79 Å². The molecule has 0 bridgehead atoms. The SMILES string of the molecule is Cn1oc(=O)nc1C(=NOCc1csc(NC(=S)Cc2ccc(Cl)cc2)n1)c1ccccc1. The van der Waals surface area contributed by atoms with Crippen molar-refractivity contribution in [3.8, 4) is 0 Å². The lowest BCUT2D eigenvalue weighted by Crippen LogP contribution is -2.12. The third kappa shape index (κ3) is 6.13. The van der Waals surface area contributed by atoms with Crippen molar-refractivity contribution in [3.05, 3.63) is 98.2 Å². The molecule has 0 amide bonds. The minimum Gasteiger partial charge on any atom is -0.389 e. The first-order valence-corrected chi connectivity index (χ1v) is 11.4. The smallest absolute Gasteiger partial charge is 0.389 e. The molecule has 1 N–H and O–H groups in total. The second kappa shape index (κ2) is 10.5. The van der Waals surface area contributed by atoms with Crippen LogP contribution in [0.4, 0.5) is 5.13 Å². The number of anilines is 1. The number of rotatable bonds is 8. The van der Waals surface area contributed by atoms with Crippen LogP contribution < -0.4 is 11.1 Å². The predicted molar refractivity (Wildman–Crippen MR) is 132 cm³/mol. The molecule has 0 unspecified atom stereocenters. The second-order valence-corrected chi connectivity index (χ2v) is 8.65. The lowest BCUT2D eigenvalue weighted by molar-refractivity contribution is 0.128. The second-order valence-electron chi connectivity index (χ2n) is 6.86. The molecular formula is C22H18ClN5O3S2. The van der Waals surface area contributed by atoms with E-state index in [1.54, 1.807) is 7.05 Å². The van der Waals surface area contributed by atoms with Crippen LogP contribution in [0.1, 0.15) is 22.6 Å². The number of aromatic nitrogens is 3.